The van der Waals surface area contributed by atoms with Gasteiger partial charge in [-0.05, 0) is 19.1 Å². The number of ether oxygens (including phenoxy) is 1. The van der Waals surface area contributed by atoms with Crippen molar-refractivity contribution in [1.82, 2.24) is 9.97 Å². The van der Waals surface area contributed by atoms with Gasteiger partial charge in [0.25, 0.3) is 0 Å². The number of aryl methyl sites for hydroxylation is 1. The smallest absolute Gasteiger partial charge is 0.136 e. The highest BCUT2D eigenvalue weighted by molar-refractivity contribution is 6.43. The van der Waals surface area contributed by atoms with E-state index in [1.54, 1.807) is 19.2 Å². The maximum atomic E-state index is 6.16. The molecule has 7 heteroatoms. The number of hydrogen-bond acceptors (Lipinski definition) is 5. The Morgan fingerprint density at radius 3 is 2.71 bits per heavy atom. The van der Waals surface area contributed by atoms with Crippen molar-refractivity contribution in [3.8, 4) is 0 Å². The molecule has 5 nitrogen and oxygen atoms in total. The second-order valence-electron chi connectivity index (χ2n) is 4.33. The first-order valence-electron chi connectivity index (χ1n) is 6.39. The standard InChI is InChI=1S/C14H16Cl2N4O/c1-9-18-12(17-6-7-21-2)8-13(19-9)20-11-5-3-4-10(15)14(11)16/h3-5,8H,6-7H2,1-2H3,(H2,17,18,19,20). The molecule has 2 rings (SSSR count). The Morgan fingerprint density at radius 2 is 1.95 bits per heavy atom. The van der Waals surface area contributed by atoms with Crippen molar-refractivity contribution in [2.45, 2.75) is 6.92 Å². The fourth-order valence-electron chi connectivity index (χ4n) is 1.74. The Morgan fingerprint density at radius 1 is 1.19 bits per heavy atom. The maximum Gasteiger partial charge on any atom is 0.136 e. The summed E-state index contributed by atoms with van der Waals surface area (Å²) in [6.07, 6.45) is 0. The Hall–Kier alpha value is -1.56. The fourth-order valence-corrected chi connectivity index (χ4v) is 2.09. The average Bonchev–Trinajstić information content (AvgIpc) is 2.44. The molecule has 0 aliphatic heterocycles. The van der Waals surface area contributed by atoms with Crippen molar-refractivity contribution in [3.63, 3.8) is 0 Å². The van der Waals surface area contributed by atoms with Gasteiger partial charge in [0.2, 0.25) is 0 Å². The first-order valence-corrected chi connectivity index (χ1v) is 7.15. The molecule has 0 fully saturated rings. The summed E-state index contributed by atoms with van der Waals surface area (Å²) in [5.74, 6) is 2.02. The molecule has 112 valence electrons. The lowest BCUT2D eigenvalue weighted by Crippen LogP contribution is -2.10. The number of rotatable bonds is 6. The minimum absolute atomic E-state index is 0.462. The van der Waals surface area contributed by atoms with Crippen LogP contribution in [0.5, 0.6) is 0 Å². The zero-order valence-corrected chi connectivity index (χ0v) is 13.3. The summed E-state index contributed by atoms with van der Waals surface area (Å²) < 4.78 is 4.99. The molecule has 0 spiro atoms. The third-order valence-electron chi connectivity index (χ3n) is 2.66. The van der Waals surface area contributed by atoms with Gasteiger partial charge in [0, 0.05) is 19.7 Å². The number of methoxy groups -OCH3 is 1. The lowest BCUT2D eigenvalue weighted by atomic mass is 10.3. The van der Waals surface area contributed by atoms with Gasteiger partial charge in [-0.1, -0.05) is 29.3 Å². The largest absolute Gasteiger partial charge is 0.383 e. The Bertz CT molecular complexity index is 622. The van der Waals surface area contributed by atoms with Gasteiger partial charge in [-0.3, -0.25) is 0 Å². The van der Waals surface area contributed by atoms with Crippen molar-refractivity contribution < 1.29 is 4.74 Å². The molecule has 0 radical (unpaired) electrons. The van der Waals surface area contributed by atoms with E-state index in [2.05, 4.69) is 20.6 Å². The zero-order chi connectivity index (χ0) is 15.2. The van der Waals surface area contributed by atoms with Gasteiger partial charge < -0.3 is 15.4 Å². The molecule has 0 aliphatic rings. The summed E-state index contributed by atoms with van der Waals surface area (Å²) in [4.78, 5) is 8.64. The number of halogens is 2. The molecule has 0 saturated carbocycles. The number of nitrogens with one attached hydrogen (secondary N) is 2. The summed E-state index contributed by atoms with van der Waals surface area (Å²) in [5.41, 5.74) is 0.699. The van der Waals surface area contributed by atoms with Crippen LogP contribution in [0.4, 0.5) is 17.3 Å². The van der Waals surface area contributed by atoms with Gasteiger partial charge in [-0.2, -0.15) is 0 Å². The highest BCUT2D eigenvalue weighted by Gasteiger charge is 2.07. The van der Waals surface area contributed by atoms with Crippen LogP contribution in [0.3, 0.4) is 0 Å². The molecule has 0 saturated heterocycles. The van der Waals surface area contributed by atoms with E-state index in [1.807, 2.05) is 19.1 Å². The molecule has 0 aliphatic carbocycles. The second-order valence-corrected chi connectivity index (χ2v) is 5.12. The Balaban J connectivity index is 2.17. The van der Waals surface area contributed by atoms with Crippen molar-refractivity contribution in [2.24, 2.45) is 0 Å². The fraction of sp³-hybridized carbons (Fsp3) is 0.286. The van der Waals surface area contributed by atoms with E-state index < -0.39 is 0 Å². The zero-order valence-electron chi connectivity index (χ0n) is 11.8. The van der Waals surface area contributed by atoms with Crippen molar-refractivity contribution >= 4 is 40.5 Å². The van der Waals surface area contributed by atoms with Crippen LogP contribution >= 0.6 is 23.2 Å². The van der Waals surface area contributed by atoms with Gasteiger partial charge in [0.1, 0.15) is 17.5 Å². The van der Waals surface area contributed by atoms with Crippen LogP contribution in [0.2, 0.25) is 10.0 Å². The molecule has 1 aromatic carbocycles. The lowest BCUT2D eigenvalue weighted by Gasteiger charge is -2.11. The molecule has 1 heterocycles. The quantitative estimate of drug-likeness (QED) is 0.788. The van der Waals surface area contributed by atoms with E-state index in [4.69, 9.17) is 27.9 Å². The van der Waals surface area contributed by atoms with Crippen LogP contribution < -0.4 is 10.6 Å². The molecule has 2 N–H and O–H groups in total. The Labute approximate surface area is 133 Å². The summed E-state index contributed by atoms with van der Waals surface area (Å²) in [5, 5.41) is 7.26. The van der Waals surface area contributed by atoms with Gasteiger partial charge >= 0.3 is 0 Å². The van der Waals surface area contributed by atoms with Crippen LogP contribution in [-0.2, 0) is 4.74 Å². The molecule has 0 amide bonds. The highest BCUT2D eigenvalue weighted by Crippen LogP contribution is 2.31. The van der Waals surface area contributed by atoms with Crippen molar-refractivity contribution in [3.05, 3.63) is 40.1 Å². The number of hydrogen-bond donors (Lipinski definition) is 2. The van der Waals surface area contributed by atoms with E-state index in [0.29, 0.717) is 40.5 Å². The van der Waals surface area contributed by atoms with Gasteiger partial charge in [0.05, 0.1) is 22.3 Å². The molecule has 21 heavy (non-hydrogen) atoms. The lowest BCUT2D eigenvalue weighted by molar-refractivity contribution is 0.210. The minimum Gasteiger partial charge on any atom is -0.383 e. The van der Waals surface area contributed by atoms with Gasteiger partial charge in [-0.25, -0.2) is 9.97 Å². The summed E-state index contributed by atoms with van der Waals surface area (Å²) in [6, 6.07) is 7.20. The molecule has 2 aromatic rings. The molecular formula is C14H16Cl2N4O. The topological polar surface area (TPSA) is 59.1 Å². The monoisotopic (exact) mass is 326 g/mol. The molecular weight excluding hydrogens is 311 g/mol. The first kappa shape index (κ1) is 15.8. The van der Waals surface area contributed by atoms with Crippen molar-refractivity contribution in [1.29, 1.82) is 0 Å². The number of nitrogens with zero attached hydrogens (tertiary/aromatic N) is 2. The SMILES string of the molecule is COCCNc1cc(Nc2cccc(Cl)c2Cl)nc(C)n1. The molecule has 0 unspecified atom stereocenters. The third-order valence-corrected chi connectivity index (χ3v) is 3.48. The normalized spacial score (nSPS) is 10.5. The van der Waals surface area contributed by atoms with Gasteiger partial charge in [-0.15, -0.1) is 0 Å². The maximum absolute atomic E-state index is 6.16. The molecule has 1 aromatic heterocycles. The van der Waals surface area contributed by atoms with E-state index in [1.165, 1.54) is 0 Å². The van der Waals surface area contributed by atoms with Crippen LogP contribution in [0.15, 0.2) is 24.3 Å². The first-order chi connectivity index (χ1) is 10.1. The predicted octanol–water partition coefficient (Wildman–Crippen LogP) is 3.89. The van der Waals surface area contributed by atoms with Crippen LogP contribution in [0.25, 0.3) is 0 Å². The van der Waals surface area contributed by atoms with Crippen LogP contribution in [0, 0.1) is 6.92 Å². The van der Waals surface area contributed by atoms with E-state index >= 15 is 0 Å². The average molecular weight is 327 g/mol. The van der Waals surface area contributed by atoms with Crippen molar-refractivity contribution in [2.75, 3.05) is 30.9 Å². The Kier molecular flexibility index (Phi) is 5.61. The van der Waals surface area contributed by atoms with Crippen LogP contribution in [-0.4, -0.2) is 30.2 Å². The number of benzene rings is 1. The van der Waals surface area contributed by atoms with Gasteiger partial charge in [0.15, 0.2) is 0 Å². The van der Waals surface area contributed by atoms with E-state index in [9.17, 15) is 0 Å². The third kappa shape index (κ3) is 4.46. The minimum atomic E-state index is 0.462. The highest BCUT2D eigenvalue weighted by atomic mass is 35.5. The summed E-state index contributed by atoms with van der Waals surface area (Å²) in [7, 11) is 1.65. The predicted molar refractivity (Wildman–Crippen MR) is 86.9 cm³/mol. The molecule has 0 bridgehead atoms. The summed E-state index contributed by atoms with van der Waals surface area (Å²) >= 11 is 12.2. The van der Waals surface area contributed by atoms with Crippen LogP contribution in [0.1, 0.15) is 5.82 Å². The summed E-state index contributed by atoms with van der Waals surface area (Å²) in [6.45, 7) is 3.10. The van der Waals surface area contributed by atoms with E-state index in [0.717, 1.165) is 5.82 Å². The second kappa shape index (κ2) is 7.45. The molecule has 0 atom stereocenters. The number of aromatic nitrogens is 2. The number of anilines is 3. The van der Waals surface area contributed by atoms with E-state index in [-0.39, 0.29) is 0 Å².